The largest absolute Gasteiger partial charge is 0.344 e. The summed E-state index contributed by atoms with van der Waals surface area (Å²) >= 11 is 1.58. The second-order valence-electron chi connectivity index (χ2n) is 5.84. The van der Waals surface area contributed by atoms with Gasteiger partial charge in [-0.1, -0.05) is 12.8 Å². The van der Waals surface area contributed by atoms with Gasteiger partial charge < -0.3 is 10.6 Å². The third-order valence-electron chi connectivity index (χ3n) is 4.53. The number of hydrogen-bond donors (Lipinski definition) is 1. The van der Waals surface area contributed by atoms with E-state index in [1.165, 1.54) is 38.5 Å². The van der Waals surface area contributed by atoms with Crippen molar-refractivity contribution in [2.75, 3.05) is 18.0 Å². The highest BCUT2D eigenvalue weighted by atomic mass is 32.1. The van der Waals surface area contributed by atoms with Crippen LogP contribution in [0, 0.1) is 5.92 Å². The van der Waals surface area contributed by atoms with Crippen LogP contribution >= 0.6 is 11.5 Å². The van der Waals surface area contributed by atoms with E-state index in [1.807, 2.05) is 0 Å². The normalized spacial score (nSPS) is 27.5. The van der Waals surface area contributed by atoms with Gasteiger partial charge in [0.2, 0.25) is 5.13 Å². The summed E-state index contributed by atoms with van der Waals surface area (Å²) in [5.41, 5.74) is 5.97. The number of nitrogens with zero attached hydrogens (tertiary/aromatic N) is 3. The summed E-state index contributed by atoms with van der Waals surface area (Å²) in [5.74, 6) is 2.36. The zero-order valence-corrected chi connectivity index (χ0v) is 12.5. The monoisotopic (exact) mass is 280 g/mol. The Morgan fingerprint density at radius 2 is 2.05 bits per heavy atom. The van der Waals surface area contributed by atoms with E-state index < -0.39 is 0 Å². The van der Waals surface area contributed by atoms with Crippen molar-refractivity contribution in [3.8, 4) is 0 Å². The molecule has 0 saturated heterocycles. The molecule has 5 heteroatoms. The predicted octanol–water partition coefficient (Wildman–Crippen LogP) is 2.76. The molecule has 0 aliphatic heterocycles. The SMILES string of the molecule is CCN(c1nc(C2CC2)ns1)C1CCCCC1CN. The molecule has 3 rings (SSSR count). The first-order valence-electron chi connectivity index (χ1n) is 7.63. The Morgan fingerprint density at radius 3 is 2.74 bits per heavy atom. The highest BCUT2D eigenvalue weighted by Crippen LogP contribution is 2.40. The molecule has 1 aromatic heterocycles. The predicted molar refractivity (Wildman–Crippen MR) is 79.7 cm³/mol. The van der Waals surface area contributed by atoms with Gasteiger partial charge in [0.05, 0.1) is 0 Å². The van der Waals surface area contributed by atoms with Crippen molar-refractivity contribution < 1.29 is 0 Å². The van der Waals surface area contributed by atoms with E-state index in [-0.39, 0.29) is 0 Å². The summed E-state index contributed by atoms with van der Waals surface area (Å²) in [4.78, 5) is 7.24. The lowest BCUT2D eigenvalue weighted by Crippen LogP contribution is -2.45. The van der Waals surface area contributed by atoms with Gasteiger partial charge in [0, 0.05) is 30.0 Å². The van der Waals surface area contributed by atoms with Crippen LogP contribution in [0.25, 0.3) is 0 Å². The minimum Gasteiger partial charge on any atom is -0.344 e. The van der Waals surface area contributed by atoms with E-state index in [1.54, 1.807) is 11.5 Å². The molecule has 1 heterocycles. The number of nitrogens with two attached hydrogens (primary N) is 1. The van der Waals surface area contributed by atoms with Crippen LogP contribution in [-0.4, -0.2) is 28.5 Å². The topological polar surface area (TPSA) is 55.0 Å². The van der Waals surface area contributed by atoms with Gasteiger partial charge in [-0.15, -0.1) is 0 Å². The quantitative estimate of drug-likeness (QED) is 0.901. The molecule has 2 atom stereocenters. The molecule has 2 saturated carbocycles. The lowest BCUT2D eigenvalue weighted by Gasteiger charge is -2.38. The minimum atomic E-state index is 0.573. The third-order valence-corrected chi connectivity index (χ3v) is 5.30. The summed E-state index contributed by atoms with van der Waals surface area (Å²) in [5, 5.41) is 1.12. The zero-order valence-electron chi connectivity index (χ0n) is 11.7. The molecule has 0 radical (unpaired) electrons. The van der Waals surface area contributed by atoms with Crippen LogP contribution < -0.4 is 10.6 Å². The Hall–Kier alpha value is -0.680. The van der Waals surface area contributed by atoms with Crippen LogP contribution in [-0.2, 0) is 0 Å². The second kappa shape index (κ2) is 5.75. The molecule has 2 aliphatic carbocycles. The summed E-state index contributed by atoms with van der Waals surface area (Å²) < 4.78 is 4.55. The number of rotatable bonds is 5. The first kappa shape index (κ1) is 13.3. The minimum absolute atomic E-state index is 0.573. The van der Waals surface area contributed by atoms with E-state index in [9.17, 15) is 0 Å². The Balaban J connectivity index is 1.77. The molecule has 2 fully saturated rings. The lowest BCUT2D eigenvalue weighted by molar-refractivity contribution is 0.300. The Bertz CT molecular complexity index is 415. The smallest absolute Gasteiger partial charge is 0.205 e. The summed E-state index contributed by atoms with van der Waals surface area (Å²) in [6, 6.07) is 0.573. The number of anilines is 1. The summed E-state index contributed by atoms with van der Waals surface area (Å²) in [6.45, 7) is 4.04. The Labute approximate surface area is 119 Å². The van der Waals surface area contributed by atoms with E-state index in [0.29, 0.717) is 17.9 Å². The summed E-state index contributed by atoms with van der Waals surface area (Å²) in [6.07, 6.45) is 7.74. The zero-order chi connectivity index (χ0) is 13.2. The van der Waals surface area contributed by atoms with Gasteiger partial charge in [0.15, 0.2) is 0 Å². The molecule has 2 unspecified atom stereocenters. The van der Waals surface area contributed by atoms with Gasteiger partial charge in [0.1, 0.15) is 5.82 Å². The molecule has 2 N–H and O–H groups in total. The van der Waals surface area contributed by atoms with Crippen LogP contribution in [0.15, 0.2) is 0 Å². The van der Waals surface area contributed by atoms with Crippen LogP contribution in [0.1, 0.15) is 57.2 Å². The molecular formula is C14H24N4S. The van der Waals surface area contributed by atoms with E-state index >= 15 is 0 Å². The molecule has 19 heavy (non-hydrogen) atoms. The highest BCUT2D eigenvalue weighted by molar-refractivity contribution is 7.09. The first-order chi connectivity index (χ1) is 9.33. The maximum Gasteiger partial charge on any atom is 0.205 e. The van der Waals surface area contributed by atoms with E-state index in [0.717, 1.165) is 24.0 Å². The average molecular weight is 280 g/mol. The standard InChI is InChI=1S/C14H24N4S/c1-2-18(12-6-4-3-5-11(12)9-15)14-16-13(17-19-14)10-7-8-10/h10-12H,2-9,15H2,1H3. The third kappa shape index (κ3) is 2.77. The fourth-order valence-electron chi connectivity index (χ4n) is 3.24. The van der Waals surface area contributed by atoms with Gasteiger partial charge in [-0.3, -0.25) is 0 Å². The first-order valence-corrected chi connectivity index (χ1v) is 8.41. The van der Waals surface area contributed by atoms with Crippen LogP contribution in [0.4, 0.5) is 5.13 Å². The van der Waals surface area contributed by atoms with Gasteiger partial charge in [-0.25, -0.2) is 4.98 Å². The fraction of sp³-hybridized carbons (Fsp3) is 0.857. The van der Waals surface area contributed by atoms with Crippen molar-refractivity contribution in [2.24, 2.45) is 11.7 Å². The van der Waals surface area contributed by atoms with Gasteiger partial charge in [-0.05, 0) is 45.1 Å². The van der Waals surface area contributed by atoms with Crippen molar-refractivity contribution in [3.63, 3.8) is 0 Å². The van der Waals surface area contributed by atoms with Gasteiger partial charge in [-0.2, -0.15) is 4.37 Å². The summed E-state index contributed by atoms with van der Waals surface area (Å²) in [7, 11) is 0. The lowest BCUT2D eigenvalue weighted by atomic mass is 9.83. The Morgan fingerprint density at radius 1 is 1.26 bits per heavy atom. The molecule has 0 bridgehead atoms. The van der Waals surface area contributed by atoms with Crippen LogP contribution in [0.2, 0.25) is 0 Å². The maximum atomic E-state index is 5.97. The van der Waals surface area contributed by atoms with Crippen molar-refractivity contribution >= 4 is 16.7 Å². The van der Waals surface area contributed by atoms with Crippen molar-refractivity contribution in [3.05, 3.63) is 5.82 Å². The van der Waals surface area contributed by atoms with Gasteiger partial charge in [0.25, 0.3) is 0 Å². The van der Waals surface area contributed by atoms with Crippen molar-refractivity contribution in [1.29, 1.82) is 0 Å². The van der Waals surface area contributed by atoms with Crippen LogP contribution in [0.3, 0.4) is 0 Å². The maximum absolute atomic E-state index is 5.97. The van der Waals surface area contributed by atoms with Crippen molar-refractivity contribution in [2.45, 2.75) is 57.4 Å². The molecule has 0 amide bonds. The molecule has 0 aromatic carbocycles. The average Bonchev–Trinajstić information content (AvgIpc) is 3.20. The highest BCUT2D eigenvalue weighted by Gasteiger charge is 2.32. The molecule has 106 valence electrons. The number of aromatic nitrogens is 2. The molecule has 4 nitrogen and oxygen atoms in total. The fourth-order valence-corrected chi connectivity index (χ4v) is 4.10. The molecule has 2 aliphatic rings. The Kier molecular flexibility index (Phi) is 4.03. The van der Waals surface area contributed by atoms with E-state index in [2.05, 4.69) is 16.2 Å². The van der Waals surface area contributed by atoms with E-state index in [4.69, 9.17) is 10.7 Å². The molecule has 0 spiro atoms. The van der Waals surface area contributed by atoms with Crippen molar-refractivity contribution in [1.82, 2.24) is 9.36 Å². The molecule has 1 aromatic rings. The number of hydrogen-bond acceptors (Lipinski definition) is 5. The second-order valence-corrected chi connectivity index (χ2v) is 6.57. The molecular weight excluding hydrogens is 256 g/mol. The van der Waals surface area contributed by atoms with Crippen LogP contribution in [0.5, 0.6) is 0 Å². The van der Waals surface area contributed by atoms with Gasteiger partial charge >= 0.3 is 0 Å².